The number of hydrogen-bond donors (Lipinski definition) is 1. The van der Waals surface area contributed by atoms with E-state index < -0.39 is 0 Å². The molecule has 0 radical (unpaired) electrons. The van der Waals surface area contributed by atoms with Gasteiger partial charge in [-0.25, -0.2) is 0 Å². The third kappa shape index (κ3) is 4.64. The zero-order valence-corrected chi connectivity index (χ0v) is 14.5. The molecule has 5 heteroatoms. The lowest BCUT2D eigenvalue weighted by Crippen LogP contribution is -2.43. The van der Waals surface area contributed by atoms with Crippen LogP contribution in [0, 0.1) is 5.92 Å². The van der Waals surface area contributed by atoms with E-state index in [2.05, 4.69) is 22.3 Å². The van der Waals surface area contributed by atoms with Crippen molar-refractivity contribution < 1.29 is 4.79 Å². The van der Waals surface area contributed by atoms with E-state index in [1.807, 2.05) is 18.2 Å². The number of benzene rings is 1. The number of piperidine rings is 1. The maximum Gasteiger partial charge on any atom is 0.232 e. The van der Waals surface area contributed by atoms with Crippen molar-refractivity contribution in [3.8, 4) is 0 Å². The number of nitrogens with one attached hydrogen (secondary N) is 1. The van der Waals surface area contributed by atoms with Crippen molar-refractivity contribution in [1.29, 1.82) is 0 Å². The molecule has 2 saturated heterocycles. The zero-order valence-electron chi connectivity index (χ0n) is 12.9. The molecule has 3 rings (SSSR count). The molecule has 0 saturated carbocycles. The zero-order chi connectivity index (χ0) is 14.5. The highest BCUT2D eigenvalue weighted by Crippen LogP contribution is 2.26. The van der Waals surface area contributed by atoms with Crippen molar-refractivity contribution in [2.45, 2.75) is 36.6 Å². The van der Waals surface area contributed by atoms with Crippen LogP contribution < -0.4 is 5.32 Å². The van der Waals surface area contributed by atoms with Crippen molar-refractivity contribution >= 4 is 30.1 Å². The predicted octanol–water partition coefficient (Wildman–Crippen LogP) is 3.19. The summed E-state index contributed by atoms with van der Waals surface area (Å²) < 4.78 is 0. The van der Waals surface area contributed by atoms with Crippen LogP contribution >= 0.6 is 24.2 Å². The Bertz CT molecular complexity index is 457. The molecule has 2 heterocycles. The van der Waals surface area contributed by atoms with Crippen molar-refractivity contribution in [3.63, 3.8) is 0 Å². The van der Waals surface area contributed by atoms with Crippen molar-refractivity contribution in [3.05, 3.63) is 30.3 Å². The fraction of sp³-hybridized carbons (Fsp3) is 0.588. The van der Waals surface area contributed by atoms with Gasteiger partial charge in [0.05, 0.1) is 5.75 Å². The fourth-order valence-corrected chi connectivity index (χ4v) is 4.24. The van der Waals surface area contributed by atoms with E-state index in [-0.39, 0.29) is 12.4 Å². The molecule has 3 nitrogen and oxygen atoms in total. The average molecular weight is 341 g/mol. The minimum atomic E-state index is 0. The first-order valence-electron chi connectivity index (χ1n) is 8.02. The lowest BCUT2D eigenvalue weighted by atomic mass is 9.88. The summed E-state index contributed by atoms with van der Waals surface area (Å²) in [5, 5.41) is 3.61. The van der Waals surface area contributed by atoms with Gasteiger partial charge in [0.25, 0.3) is 0 Å². The fourth-order valence-electron chi connectivity index (χ4n) is 3.42. The van der Waals surface area contributed by atoms with Gasteiger partial charge in [-0.2, -0.15) is 0 Å². The Hall–Kier alpha value is -0.710. The summed E-state index contributed by atoms with van der Waals surface area (Å²) in [5.41, 5.74) is 0. The highest BCUT2D eigenvalue weighted by molar-refractivity contribution is 8.00. The van der Waals surface area contributed by atoms with Crippen LogP contribution in [0.15, 0.2) is 35.2 Å². The molecular weight excluding hydrogens is 316 g/mol. The first-order chi connectivity index (χ1) is 10.3. The minimum absolute atomic E-state index is 0. The second-order valence-electron chi connectivity index (χ2n) is 6.02. The van der Waals surface area contributed by atoms with Gasteiger partial charge in [0.15, 0.2) is 0 Å². The number of carbonyl (C=O) groups excluding carboxylic acids is 1. The van der Waals surface area contributed by atoms with Crippen molar-refractivity contribution in [2.75, 3.05) is 25.4 Å². The molecule has 1 aromatic carbocycles. The number of nitrogens with zero attached hydrogens (tertiary/aromatic N) is 1. The van der Waals surface area contributed by atoms with Gasteiger partial charge in [-0.15, -0.1) is 24.2 Å². The van der Waals surface area contributed by atoms with Gasteiger partial charge >= 0.3 is 0 Å². The van der Waals surface area contributed by atoms with Gasteiger partial charge in [0.1, 0.15) is 0 Å². The summed E-state index contributed by atoms with van der Waals surface area (Å²) in [5.74, 6) is 1.64. The van der Waals surface area contributed by atoms with Gasteiger partial charge < -0.3 is 10.2 Å². The largest absolute Gasteiger partial charge is 0.342 e. The van der Waals surface area contributed by atoms with Crippen LogP contribution in [0.25, 0.3) is 0 Å². The smallest absolute Gasteiger partial charge is 0.232 e. The average Bonchev–Trinajstić information content (AvgIpc) is 3.08. The number of likely N-dealkylation sites (tertiary alicyclic amines) is 1. The Balaban J connectivity index is 0.00000176. The summed E-state index contributed by atoms with van der Waals surface area (Å²) in [6.45, 7) is 3.06. The molecular formula is C17H25ClN2OS. The molecule has 0 aromatic heterocycles. The van der Waals surface area contributed by atoms with E-state index in [9.17, 15) is 4.79 Å². The summed E-state index contributed by atoms with van der Waals surface area (Å²) >= 11 is 1.64. The predicted molar refractivity (Wildman–Crippen MR) is 94.7 cm³/mol. The molecule has 22 heavy (non-hydrogen) atoms. The topological polar surface area (TPSA) is 32.3 Å². The SMILES string of the molecule is Cl.O=C(CSc1ccccc1)N1CCC(C2CCCN2)CC1. The van der Waals surface area contributed by atoms with E-state index in [4.69, 9.17) is 0 Å². The van der Waals surface area contributed by atoms with Crippen molar-refractivity contribution in [2.24, 2.45) is 5.92 Å². The summed E-state index contributed by atoms with van der Waals surface area (Å²) in [6.07, 6.45) is 4.97. The Labute approximate surface area is 143 Å². The molecule has 2 aliphatic rings. The molecule has 122 valence electrons. The van der Waals surface area contributed by atoms with Crippen molar-refractivity contribution in [1.82, 2.24) is 10.2 Å². The van der Waals surface area contributed by atoms with Crippen LogP contribution in [0.4, 0.5) is 0 Å². The number of rotatable bonds is 4. The molecule has 0 spiro atoms. The van der Waals surface area contributed by atoms with E-state index in [1.54, 1.807) is 11.8 Å². The van der Waals surface area contributed by atoms with Crippen LogP contribution in [0.5, 0.6) is 0 Å². The standard InChI is InChI=1S/C17H24N2OS.ClH/c20-17(13-21-15-5-2-1-3-6-15)19-11-8-14(9-12-19)16-7-4-10-18-16;/h1-3,5-6,14,16,18H,4,7-13H2;1H. The molecule has 1 aromatic rings. The molecule has 1 amide bonds. The molecule has 2 aliphatic heterocycles. The second kappa shape index (κ2) is 8.80. The van der Waals surface area contributed by atoms with Crippen LogP contribution in [-0.2, 0) is 4.79 Å². The normalized spacial score (nSPS) is 22.4. The van der Waals surface area contributed by atoms with Gasteiger partial charge in [-0.1, -0.05) is 18.2 Å². The highest BCUT2D eigenvalue weighted by atomic mass is 35.5. The van der Waals surface area contributed by atoms with Gasteiger partial charge in [0.2, 0.25) is 5.91 Å². The van der Waals surface area contributed by atoms with E-state index in [0.29, 0.717) is 17.7 Å². The third-order valence-electron chi connectivity index (χ3n) is 4.67. The van der Waals surface area contributed by atoms with Crippen LogP contribution in [0.2, 0.25) is 0 Å². The molecule has 2 fully saturated rings. The first-order valence-corrected chi connectivity index (χ1v) is 9.00. The molecule has 1 unspecified atom stereocenters. The maximum absolute atomic E-state index is 12.3. The Morgan fingerprint density at radius 2 is 1.91 bits per heavy atom. The molecule has 0 bridgehead atoms. The second-order valence-corrected chi connectivity index (χ2v) is 7.07. The quantitative estimate of drug-likeness (QED) is 0.854. The number of amides is 1. The lowest BCUT2D eigenvalue weighted by Gasteiger charge is -2.35. The molecule has 1 atom stereocenters. The number of thioether (sulfide) groups is 1. The Kier molecular flexibility index (Phi) is 7.06. The van der Waals surface area contributed by atoms with Crippen LogP contribution in [0.3, 0.4) is 0 Å². The Morgan fingerprint density at radius 3 is 2.55 bits per heavy atom. The number of halogens is 1. The van der Waals surface area contributed by atoms with Gasteiger partial charge in [0, 0.05) is 24.0 Å². The summed E-state index contributed by atoms with van der Waals surface area (Å²) in [6, 6.07) is 10.9. The monoisotopic (exact) mass is 340 g/mol. The minimum Gasteiger partial charge on any atom is -0.342 e. The Morgan fingerprint density at radius 1 is 1.18 bits per heavy atom. The lowest BCUT2D eigenvalue weighted by molar-refractivity contribution is -0.129. The van der Waals surface area contributed by atoms with E-state index in [1.165, 1.54) is 37.1 Å². The van der Waals surface area contributed by atoms with Crippen LogP contribution in [0.1, 0.15) is 25.7 Å². The summed E-state index contributed by atoms with van der Waals surface area (Å²) in [4.78, 5) is 15.5. The number of hydrogen-bond acceptors (Lipinski definition) is 3. The first kappa shape index (κ1) is 17.6. The van der Waals surface area contributed by atoms with E-state index >= 15 is 0 Å². The third-order valence-corrected chi connectivity index (χ3v) is 5.66. The van der Waals surface area contributed by atoms with Gasteiger partial charge in [-0.3, -0.25) is 4.79 Å². The molecule has 0 aliphatic carbocycles. The summed E-state index contributed by atoms with van der Waals surface area (Å²) in [7, 11) is 0. The van der Waals surface area contributed by atoms with Crippen LogP contribution in [-0.4, -0.2) is 42.2 Å². The molecule has 1 N–H and O–H groups in total. The van der Waals surface area contributed by atoms with E-state index in [0.717, 1.165) is 19.0 Å². The highest BCUT2D eigenvalue weighted by Gasteiger charge is 2.29. The maximum atomic E-state index is 12.3. The number of carbonyl (C=O) groups is 1. The van der Waals surface area contributed by atoms with Gasteiger partial charge in [-0.05, 0) is 50.3 Å².